The van der Waals surface area contributed by atoms with E-state index in [1.165, 1.54) is 0 Å². The summed E-state index contributed by atoms with van der Waals surface area (Å²) >= 11 is 0. The van der Waals surface area contributed by atoms with Crippen LogP contribution in [0.5, 0.6) is 5.75 Å². The van der Waals surface area contributed by atoms with Gasteiger partial charge in [-0.05, 0) is 56.5 Å². The minimum Gasteiger partial charge on any atom is -0.478 e. The van der Waals surface area contributed by atoms with Crippen LogP contribution in [0.3, 0.4) is 0 Å². The van der Waals surface area contributed by atoms with E-state index in [1.54, 1.807) is 26.3 Å². The molecule has 8 nitrogen and oxygen atoms in total. The maximum atomic E-state index is 11.5. The second-order valence-corrected chi connectivity index (χ2v) is 9.17. The highest BCUT2D eigenvalue weighted by Crippen LogP contribution is 2.27. The SMILES string of the molecule is CCc1cc(CN(Cc2ncco2)Cc2nc(-c3ccccc3)oc2C)ccc1OC(C)(C)C(=O)O. The zero-order valence-electron chi connectivity index (χ0n) is 21.0. The van der Waals surface area contributed by atoms with Crippen LogP contribution in [-0.4, -0.2) is 31.5 Å². The van der Waals surface area contributed by atoms with Crippen molar-refractivity contribution < 1.29 is 23.5 Å². The Hall–Kier alpha value is -3.91. The van der Waals surface area contributed by atoms with Crippen LogP contribution in [0.4, 0.5) is 0 Å². The second kappa shape index (κ2) is 10.8. The van der Waals surface area contributed by atoms with Crippen LogP contribution in [0.1, 0.15) is 49.2 Å². The molecule has 0 fully saturated rings. The van der Waals surface area contributed by atoms with Crippen molar-refractivity contribution >= 4 is 5.97 Å². The summed E-state index contributed by atoms with van der Waals surface area (Å²) in [6.07, 6.45) is 3.91. The number of hydrogen-bond donors (Lipinski definition) is 1. The van der Waals surface area contributed by atoms with Crippen molar-refractivity contribution in [1.82, 2.24) is 14.9 Å². The van der Waals surface area contributed by atoms with Gasteiger partial charge in [-0.2, -0.15) is 0 Å². The van der Waals surface area contributed by atoms with Gasteiger partial charge in [0, 0.05) is 18.7 Å². The molecular weight excluding hydrogens is 458 g/mol. The van der Waals surface area contributed by atoms with Crippen LogP contribution in [-0.2, 0) is 30.8 Å². The standard InChI is InChI=1S/C28H31N3O5/c1-5-21-15-20(11-12-24(21)36-28(3,4)27(32)33)16-31(18-25-29-13-14-34-25)17-23-19(2)35-26(30-23)22-9-7-6-8-10-22/h6-15H,5,16-18H2,1-4H3,(H,32,33). The Morgan fingerprint density at radius 3 is 2.56 bits per heavy atom. The molecule has 0 unspecified atom stereocenters. The van der Waals surface area contributed by atoms with Crippen LogP contribution in [0.2, 0.25) is 0 Å². The third-order valence-corrected chi connectivity index (χ3v) is 5.92. The summed E-state index contributed by atoms with van der Waals surface area (Å²) in [6.45, 7) is 8.67. The van der Waals surface area contributed by atoms with E-state index < -0.39 is 11.6 Å². The Kier molecular flexibility index (Phi) is 7.55. The summed E-state index contributed by atoms with van der Waals surface area (Å²) in [5.74, 6) is 1.53. The van der Waals surface area contributed by atoms with E-state index in [0.29, 0.717) is 43.6 Å². The number of nitrogens with zero attached hydrogens (tertiary/aromatic N) is 3. The Morgan fingerprint density at radius 2 is 1.89 bits per heavy atom. The predicted molar refractivity (Wildman–Crippen MR) is 134 cm³/mol. The predicted octanol–water partition coefficient (Wildman–Crippen LogP) is 5.64. The topological polar surface area (TPSA) is 102 Å². The average molecular weight is 490 g/mol. The summed E-state index contributed by atoms with van der Waals surface area (Å²) < 4.78 is 17.3. The van der Waals surface area contributed by atoms with Gasteiger partial charge in [0.2, 0.25) is 11.8 Å². The highest BCUT2D eigenvalue weighted by molar-refractivity contribution is 5.76. The normalized spacial score (nSPS) is 11.7. The lowest BCUT2D eigenvalue weighted by Gasteiger charge is -2.24. The number of rotatable bonds is 11. The van der Waals surface area contributed by atoms with Crippen molar-refractivity contribution in [3.63, 3.8) is 0 Å². The second-order valence-electron chi connectivity index (χ2n) is 9.17. The van der Waals surface area contributed by atoms with Crippen LogP contribution in [0, 0.1) is 6.92 Å². The summed E-state index contributed by atoms with van der Waals surface area (Å²) in [6, 6.07) is 15.7. The molecule has 0 radical (unpaired) electrons. The average Bonchev–Trinajstić information content (AvgIpc) is 3.50. The van der Waals surface area contributed by atoms with E-state index in [0.717, 1.165) is 28.1 Å². The summed E-state index contributed by atoms with van der Waals surface area (Å²) in [5, 5.41) is 9.44. The van der Waals surface area contributed by atoms with Crippen molar-refractivity contribution in [2.24, 2.45) is 0 Å². The molecule has 0 aliphatic carbocycles. The van der Waals surface area contributed by atoms with Gasteiger partial charge in [-0.3, -0.25) is 4.90 Å². The quantitative estimate of drug-likeness (QED) is 0.289. The van der Waals surface area contributed by atoms with Crippen molar-refractivity contribution in [3.05, 3.63) is 89.5 Å². The molecule has 188 valence electrons. The largest absolute Gasteiger partial charge is 0.478 e. The lowest BCUT2D eigenvalue weighted by atomic mass is 10.1. The number of carboxylic acids is 1. The highest BCUT2D eigenvalue weighted by atomic mass is 16.5. The van der Waals surface area contributed by atoms with Crippen molar-refractivity contribution in [3.8, 4) is 17.2 Å². The van der Waals surface area contributed by atoms with Crippen LogP contribution in [0.25, 0.3) is 11.5 Å². The fourth-order valence-electron chi connectivity index (χ4n) is 3.86. The molecule has 4 aromatic rings. The Balaban J connectivity index is 1.57. The fourth-order valence-corrected chi connectivity index (χ4v) is 3.86. The van der Waals surface area contributed by atoms with Gasteiger partial charge < -0.3 is 18.7 Å². The summed E-state index contributed by atoms with van der Waals surface area (Å²) in [4.78, 5) is 22.8. The van der Waals surface area contributed by atoms with Crippen LogP contribution >= 0.6 is 0 Å². The molecule has 0 saturated heterocycles. The molecule has 0 bridgehead atoms. The third kappa shape index (κ3) is 6.01. The molecule has 2 heterocycles. The Labute approximate surface area is 210 Å². The molecule has 8 heteroatoms. The first kappa shape index (κ1) is 25.2. The number of carboxylic acid groups (broad SMARTS) is 1. The number of benzene rings is 2. The number of hydrogen-bond acceptors (Lipinski definition) is 7. The molecule has 0 amide bonds. The van der Waals surface area contributed by atoms with Gasteiger partial charge in [0.1, 0.15) is 17.8 Å². The van der Waals surface area contributed by atoms with Gasteiger partial charge in [-0.15, -0.1) is 0 Å². The van der Waals surface area contributed by atoms with Crippen molar-refractivity contribution in [2.45, 2.75) is 59.4 Å². The smallest absolute Gasteiger partial charge is 0.347 e. The lowest BCUT2D eigenvalue weighted by Crippen LogP contribution is -2.38. The van der Waals surface area contributed by atoms with Gasteiger partial charge in [-0.25, -0.2) is 14.8 Å². The number of aryl methyl sites for hydroxylation is 2. The zero-order valence-corrected chi connectivity index (χ0v) is 21.0. The molecule has 0 saturated carbocycles. The molecular formula is C28H31N3O5. The van der Waals surface area contributed by atoms with Gasteiger partial charge in [0.25, 0.3) is 0 Å². The zero-order chi connectivity index (χ0) is 25.7. The first-order valence-corrected chi connectivity index (χ1v) is 11.9. The number of aliphatic carboxylic acids is 1. The summed E-state index contributed by atoms with van der Waals surface area (Å²) in [5.41, 5.74) is 2.46. The van der Waals surface area contributed by atoms with Crippen molar-refractivity contribution in [2.75, 3.05) is 0 Å². The molecule has 2 aromatic carbocycles. The first-order chi connectivity index (χ1) is 17.2. The number of aromatic nitrogens is 2. The first-order valence-electron chi connectivity index (χ1n) is 11.9. The lowest BCUT2D eigenvalue weighted by molar-refractivity contribution is -0.152. The maximum Gasteiger partial charge on any atom is 0.347 e. The number of carbonyl (C=O) groups is 1. The fraction of sp³-hybridized carbons (Fsp3) is 0.321. The Bertz CT molecular complexity index is 1300. The molecule has 2 aromatic heterocycles. The molecule has 0 aliphatic rings. The van der Waals surface area contributed by atoms with E-state index in [-0.39, 0.29) is 0 Å². The van der Waals surface area contributed by atoms with E-state index in [2.05, 4.69) is 16.0 Å². The monoisotopic (exact) mass is 489 g/mol. The maximum absolute atomic E-state index is 11.5. The van der Waals surface area contributed by atoms with E-state index >= 15 is 0 Å². The molecule has 36 heavy (non-hydrogen) atoms. The molecule has 0 aliphatic heterocycles. The van der Waals surface area contributed by atoms with Crippen LogP contribution in [0.15, 0.2) is 69.8 Å². The third-order valence-electron chi connectivity index (χ3n) is 5.92. The van der Waals surface area contributed by atoms with Gasteiger partial charge in [-0.1, -0.05) is 37.3 Å². The molecule has 0 atom stereocenters. The molecule has 4 rings (SSSR count). The highest BCUT2D eigenvalue weighted by Gasteiger charge is 2.30. The van der Waals surface area contributed by atoms with Crippen LogP contribution < -0.4 is 4.74 Å². The molecule has 1 N–H and O–H groups in total. The number of oxazole rings is 2. The number of ether oxygens (including phenoxy) is 1. The molecule has 0 spiro atoms. The van der Waals surface area contributed by atoms with E-state index in [1.807, 2.05) is 56.3 Å². The van der Waals surface area contributed by atoms with Crippen molar-refractivity contribution in [1.29, 1.82) is 0 Å². The Morgan fingerprint density at radius 1 is 1.11 bits per heavy atom. The van der Waals surface area contributed by atoms with E-state index in [4.69, 9.17) is 18.6 Å². The van der Waals surface area contributed by atoms with E-state index in [9.17, 15) is 9.90 Å². The summed E-state index contributed by atoms with van der Waals surface area (Å²) in [7, 11) is 0. The van der Waals surface area contributed by atoms with Gasteiger partial charge in [0.05, 0.1) is 18.4 Å². The van der Waals surface area contributed by atoms with Gasteiger partial charge >= 0.3 is 5.97 Å². The minimum absolute atomic E-state index is 0.492. The minimum atomic E-state index is -1.32. The van der Waals surface area contributed by atoms with Gasteiger partial charge in [0.15, 0.2) is 5.60 Å².